The minimum atomic E-state index is -0.136. The maximum absolute atomic E-state index is 13.4. The summed E-state index contributed by atoms with van der Waals surface area (Å²) >= 11 is 0. The Morgan fingerprint density at radius 1 is 1.36 bits per heavy atom. The van der Waals surface area contributed by atoms with Gasteiger partial charge >= 0.3 is 0 Å². The van der Waals surface area contributed by atoms with Gasteiger partial charge in [0.2, 0.25) is 0 Å². The molecule has 2 aromatic rings. The molecule has 0 aliphatic carbocycles. The van der Waals surface area contributed by atoms with Gasteiger partial charge in [-0.15, -0.1) is 12.4 Å². The summed E-state index contributed by atoms with van der Waals surface area (Å²) in [5.41, 5.74) is 3.09. The van der Waals surface area contributed by atoms with Crippen molar-refractivity contribution in [2.75, 3.05) is 19.6 Å². The maximum atomic E-state index is 13.4. The van der Waals surface area contributed by atoms with Crippen LogP contribution in [0.3, 0.4) is 0 Å². The Morgan fingerprint density at radius 3 is 2.95 bits per heavy atom. The zero-order valence-electron chi connectivity index (χ0n) is 12.6. The van der Waals surface area contributed by atoms with Gasteiger partial charge in [-0.2, -0.15) is 0 Å². The van der Waals surface area contributed by atoms with Crippen LogP contribution in [0.1, 0.15) is 22.7 Å². The summed E-state index contributed by atoms with van der Waals surface area (Å²) in [5.74, 6) is -0.136. The molecule has 3 rings (SSSR count). The van der Waals surface area contributed by atoms with Crippen LogP contribution in [0.4, 0.5) is 4.39 Å². The van der Waals surface area contributed by atoms with Gasteiger partial charge in [-0.05, 0) is 35.7 Å². The lowest BCUT2D eigenvalue weighted by atomic mass is 10.0. The van der Waals surface area contributed by atoms with Crippen molar-refractivity contribution >= 4 is 12.4 Å². The Hall–Kier alpha value is -1.49. The Kier molecular flexibility index (Phi) is 5.89. The third-order valence-corrected chi connectivity index (χ3v) is 4.03. The van der Waals surface area contributed by atoms with E-state index in [2.05, 4.69) is 21.3 Å². The molecule has 0 bridgehead atoms. The molecule has 1 fully saturated rings. The number of piperazine rings is 1. The van der Waals surface area contributed by atoms with Gasteiger partial charge in [0.1, 0.15) is 5.82 Å². The molecule has 0 amide bonds. The van der Waals surface area contributed by atoms with Crippen molar-refractivity contribution in [2.24, 2.45) is 0 Å². The van der Waals surface area contributed by atoms with E-state index in [1.54, 1.807) is 12.3 Å². The zero-order chi connectivity index (χ0) is 14.7. The van der Waals surface area contributed by atoms with Crippen LogP contribution in [0.5, 0.6) is 0 Å². The fraction of sp³-hybridized carbons (Fsp3) is 0.353. The highest BCUT2D eigenvalue weighted by Gasteiger charge is 2.23. The number of pyridine rings is 1. The van der Waals surface area contributed by atoms with Crippen molar-refractivity contribution < 1.29 is 4.39 Å². The van der Waals surface area contributed by atoms with Gasteiger partial charge in [0, 0.05) is 44.6 Å². The number of halogens is 2. The fourth-order valence-electron chi connectivity index (χ4n) is 2.88. The van der Waals surface area contributed by atoms with E-state index >= 15 is 0 Å². The lowest BCUT2D eigenvalue weighted by Crippen LogP contribution is -2.45. The Balaban J connectivity index is 0.00000176. The summed E-state index contributed by atoms with van der Waals surface area (Å²) in [4.78, 5) is 6.65. The molecule has 2 heterocycles. The second-order valence-corrected chi connectivity index (χ2v) is 5.56. The molecule has 3 nitrogen and oxygen atoms in total. The van der Waals surface area contributed by atoms with E-state index in [0.717, 1.165) is 31.7 Å². The van der Waals surface area contributed by atoms with Crippen LogP contribution in [0.25, 0.3) is 0 Å². The molecular weight excluding hydrogens is 301 g/mol. The number of nitrogens with one attached hydrogen (secondary N) is 1. The molecule has 1 aromatic carbocycles. The van der Waals surface area contributed by atoms with Gasteiger partial charge in [-0.25, -0.2) is 4.39 Å². The summed E-state index contributed by atoms with van der Waals surface area (Å²) in [6.45, 7) is 5.54. The molecule has 22 heavy (non-hydrogen) atoms. The highest BCUT2D eigenvalue weighted by Crippen LogP contribution is 2.24. The van der Waals surface area contributed by atoms with Gasteiger partial charge in [0.05, 0.1) is 0 Å². The Bertz CT molecular complexity index is 606. The first-order valence-corrected chi connectivity index (χ1v) is 7.34. The van der Waals surface area contributed by atoms with Gasteiger partial charge in [-0.1, -0.05) is 18.2 Å². The molecule has 118 valence electrons. The van der Waals surface area contributed by atoms with E-state index < -0.39 is 0 Å². The van der Waals surface area contributed by atoms with E-state index in [0.29, 0.717) is 11.6 Å². The van der Waals surface area contributed by atoms with Crippen molar-refractivity contribution in [1.82, 2.24) is 15.2 Å². The van der Waals surface area contributed by atoms with Crippen LogP contribution < -0.4 is 5.32 Å². The number of benzene rings is 1. The molecule has 1 aromatic heterocycles. The molecule has 0 radical (unpaired) electrons. The van der Waals surface area contributed by atoms with Crippen molar-refractivity contribution in [2.45, 2.75) is 19.5 Å². The summed E-state index contributed by atoms with van der Waals surface area (Å²) in [6, 6.07) is 9.80. The smallest absolute Gasteiger partial charge is 0.126 e. The minimum Gasteiger partial charge on any atom is -0.314 e. The fourth-order valence-corrected chi connectivity index (χ4v) is 2.88. The number of rotatable bonds is 3. The van der Waals surface area contributed by atoms with Crippen molar-refractivity contribution in [3.05, 3.63) is 65.2 Å². The average Bonchev–Trinajstić information content (AvgIpc) is 2.52. The molecule has 0 saturated carbocycles. The number of aromatic nitrogens is 1. The van der Waals surface area contributed by atoms with E-state index in [1.165, 1.54) is 5.56 Å². The topological polar surface area (TPSA) is 28.2 Å². The molecule has 1 atom stereocenters. The minimum absolute atomic E-state index is 0. The summed E-state index contributed by atoms with van der Waals surface area (Å²) in [6.07, 6.45) is 3.73. The van der Waals surface area contributed by atoms with E-state index in [1.807, 2.05) is 31.3 Å². The van der Waals surface area contributed by atoms with Crippen LogP contribution in [0.2, 0.25) is 0 Å². The molecule has 1 aliphatic rings. The number of nitrogens with zero attached hydrogens (tertiary/aromatic N) is 2. The number of hydrogen-bond donors (Lipinski definition) is 1. The first kappa shape index (κ1) is 16.9. The largest absolute Gasteiger partial charge is 0.314 e. The molecule has 0 spiro atoms. The molecule has 5 heteroatoms. The van der Waals surface area contributed by atoms with E-state index in [4.69, 9.17) is 0 Å². The van der Waals surface area contributed by atoms with E-state index in [9.17, 15) is 4.39 Å². The van der Waals surface area contributed by atoms with Crippen molar-refractivity contribution in [1.29, 1.82) is 0 Å². The van der Waals surface area contributed by atoms with Crippen LogP contribution in [0.15, 0.2) is 42.7 Å². The zero-order valence-corrected chi connectivity index (χ0v) is 13.4. The second kappa shape index (κ2) is 7.68. The van der Waals surface area contributed by atoms with Gasteiger partial charge in [0.25, 0.3) is 0 Å². The van der Waals surface area contributed by atoms with Crippen molar-refractivity contribution in [3.63, 3.8) is 0 Å². The average molecular weight is 322 g/mol. The number of hydrogen-bond acceptors (Lipinski definition) is 3. The molecule has 1 unspecified atom stereocenters. The first-order chi connectivity index (χ1) is 10.2. The van der Waals surface area contributed by atoms with Crippen LogP contribution in [-0.4, -0.2) is 29.5 Å². The SMILES string of the molecule is Cc1cc(CN2CCNCC2c2cccnc2)ccc1F.Cl. The summed E-state index contributed by atoms with van der Waals surface area (Å²) < 4.78 is 13.4. The molecule has 1 saturated heterocycles. The van der Waals surface area contributed by atoms with E-state index in [-0.39, 0.29) is 18.2 Å². The Labute approximate surface area is 137 Å². The highest BCUT2D eigenvalue weighted by atomic mass is 35.5. The number of aryl methyl sites for hydroxylation is 1. The van der Waals surface area contributed by atoms with Gasteiger partial charge in [0.15, 0.2) is 0 Å². The monoisotopic (exact) mass is 321 g/mol. The molecular formula is C17H21ClFN3. The highest BCUT2D eigenvalue weighted by molar-refractivity contribution is 5.85. The standard InChI is InChI=1S/C17H20FN3.ClH/c1-13-9-14(4-5-16(13)18)12-21-8-7-20-11-17(21)15-3-2-6-19-10-15;/h2-6,9-10,17,20H,7-8,11-12H2,1H3;1H. The quantitative estimate of drug-likeness (QED) is 0.941. The summed E-state index contributed by atoms with van der Waals surface area (Å²) in [5, 5.41) is 3.44. The lowest BCUT2D eigenvalue weighted by molar-refractivity contribution is 0.153. The second-order valence-electron chi connectivity index (χ2n) is 5.56. The molecule has 1 N–H and O–H groups in total. The Morgan fingerprint density at radius 2 is 2.23 bits per heavy atom. The maximum Gasteiger partial charge on any atom is 0.126 e. The van der Waals surface area contributed by atoms with Gasteiger partial charge < -0.3 is 5.32 Å². The van der Waals surface area contributed by atoms with Crippen LogP contribution in [0, 0.1) is 12.7 Å². The lowest BCUT2D eigenvalue weighted by Gasteiger charge is -2.36. The predicted octanol–water partition coefficient (Wildman–Crippen LogP) is 3.10. The first-order valence-electron chi connectivity index (χ1n) is 7.34. The summed E-state index contributed by atoms with van der Waals surface area (Å²) in [7, 11) is 0. The normalized spacial score (nSPS) is 18.7. The third-order valence-electron chi connectivity index (χ3n) is 4.03. The molecule has 1 aliphatic heterocycles. The van der Waals surface area contributed by atoms with Crippen LogP contribution >= 0.6 is 12.4 Å². The van der Waals surface area contributed by atoms with Crippen LogP contribution in [-0.2, 0) is 6.54 Å². The predicted molar refractivity (Wildman–Crippen MR) is 88.6 cm³/mol. The van der Waals surface area contributed by atoms with Crippen molar-refractivity contribution in [3.8, 4) is 0 Å². The third kappa shape index (κ3) is 3.83. The van der Waals surface area contributed by atoms with Gasteiger partial charge in [-0.3, -0.25) is 9.88 Å².